The van der Waals surface area contributed by atoms with Gasteiger partial charge in [-0.25, -0.2) is 0 Å². The molecule has 94 valence electrons. The molecule has 0 aromatic heterocycles. The van der Waals surface area contributed by atoms with Gasteiger partial charge in [0.2, 0.25) is 0 Å². The minimum absolute atomic E-state index is 0.146. The summed E-state index contributed by atoms with van der Waals surface area (Å²) in [5.41, 5.74) is 0. The summed E-state index contributed by atoms with van der Waals surface area (Å²) in [5, 5.41) is 0. The van der Waals surface area contributed by atoms with Gasteiger partial charge < -0.3 is 9.47 Å². The summed E-state index contributed by atoms with van der Waals surface area (Å²) in [7, 11) is 1.94. The SMILES string of the molecule is CCOC(=O)CN(C)CCN1CCOCC1. The van der Waals surface area contributed by atoms with E-state index in [1.807, 2.05) is 18.9 Å². The molecular formula is C11H22N2O3. The number of carbonyl (C=O) groups excluding carboxylic acids is 1. The van der Waals surface area contributed by atoms with Crippen LogP contribution >= 0.6 is 0 Å². The molecule has 0 aromatic carbocycles. The largest absolute Gasteiger partial charge is 0.465 e. The average Bonchev–Trinajstić information content (AvgIpc) is 2.28. The van der Waals surface area contributed by atoms with E-state index in [1.165, 1.54) is 0 Å². The third kappa shape index (κ3) is 5.44. The first-order valence-electron chi connectivity index (χ1n) is 5.86. The van der Waals surface area contributed by atoms with Gasteiger partial charge in [0, 0.05) is 26.2 Å². The second kappa shape index (κ2) is 7.60. The topological polar surface area (TPSA) is 42.0 Å². The Balaban J connectivity index is 2.08. The number of esters is 1. The molecule has 5 nitrogen and oxygen atoms in total. The number of carbonyl (C=O) groups is 1. The summed E-state index contributed by atoms with van der Waals surface area (Å²) in [6.45, 7) is 8.15. The molecule has 0 amide bonds. The summed E-state index contributed by atoms with van der Waals surface area (Å²) in [6.07, 6.45) is 0. The van der Waals surface area contributed by atoms with Crippen molar-refractivity contribution in [2.24, 2.45) is 0 Å². The average molecular weight is 230 g/mol. The van der Waals surface area contributed by atoms with Crippen LogP contribution in [0.3, 0.4) is 0 Å². The Morgan fingerprint density at radius 1 is 1.44 bits per heavy atom. The molecule has 0 atom stereocenters. The van der Waals surface area contributed by atoms with Crippen LogP contribution in [0, 0.1) is 0 Å². The van der Waals surface area contributed by atoms with Crippen LogP contribution in [0.2, 0.25) is 0 Å². The summed E-state index contributed by atoms with van der Waals surface area (Å²) < 4.78 is 10.2. The number of likely N-dealkylation sites (N-methyl/N-ethyl adjacent to an activating group) is 1. The highest BCUT2D eigenvalue weighted by Crippen LogP contribution is 1.96. The Hall–Kier alpha value is -0.650. The molecular weight excluding hydrogens is 208 g/mol. The van der Waals surface area contributed by atoms with Crippen molar-refractivity contribution in [2.75, 3.05) is 59.6 Å². The summed E-state index contributed by atoms with van der Waals surface area (Å²) in [4.78, 5) is 15.6. The van der Waals surface area contributed by atoms with Gasteiger partial charge in [0.25, 0.3) is 0 Å². The second-order valence-corrected chi connectivity index (χ2v) is 4.00. The summed E-state index contributed by atoms with van der Waals surface area (Å²) >= 11 is 0. The van der Waals surface area contributed by atoms with E-state index in [9.17, 15) is 4.79 Å². The molecule has 5 heteroatoms. The first kappa shape index (κ1) is 13.4. The van der Waals surface area contributed by atoms with E-state index in [2.05, 4.69) is 4.90 Å². The number of rotatable bonds is 6. The van der Waals surface area contributed by atoms with Crippen molar-refractivity contribution >= 4 is 5.97 Å². The maximum atomic E-state index is 11.2. The fourth-order valence-corrected chi connectivity index (χ4v) is 1.64. The van der Waals surface area contributed by atoms with Crippen LogP contribution in [0.4, 0.5) is 0 Å². The van der Waals surface area contributed by atoms with Crippen LogP contribution in [0.15, 0.2) is 0 Å². The molecule has 1 aliphatic rings. The van der Waals surface area contributed by atoms with Crippen molar-refractivity contribution in [3.63, 3.8) is 0 Å². The van der Waals surface area contributed by atoms with E-state index >= 15 is 0 Å². The normalized spacial score (nSPS) is 17.7. The molecule has 0 aliphatic carbocycles. The molecule has 0 N–H and O–H groups in total. The molecule has 0 spiro atoms. The van der Waals surface area contributed by atoms with Gasteiger partial charge in [-0.05, 0) is 14.0 Å². The van der Waals surface area contributed by atoms with Crippen LogP contribution in [-0.2, 0) is 14.3 Å². The number of hydrogen-bond donors (Lipinski definition) is 0. The van der Waals surface area contributed by atoms with Gasteiger partial charge >= 0.3 is 5.97 Å². The fraction of sp³-hybridized carbons (Fsp3) is 0.909. The Labute approximate surface area is 97.3 Å². The van der Waals surface area contributed by atoms with Crippen molar-refractivity contribution in [1.29, 1.82) is 0 Å². The van der Waals surface area contributed by atoms with E-state index in [0.29, 0.717) is 13.2 Å². The van der Waals surface area contributed by atoms with E-state index in [-0.39, 0.29) is 5.97 Å². The Bertz CT molecular complexity index is 205. The minimum atomic E-state index is -0.146. The predicted octanol–water partition coefficient (Wildman–Crippen LogP) is -0.186. The molecule has 16 heavy (non-hydrogen) atoms. The van der Waals surface area contributed by atoms with Crippen molar-refractivity contribution in [3.8, 4) is 0 Å². The van der Waals surface area contributed by atoms with Crippen molar-refractivity contribution < 1.29 is 14.3 Å². The van der Waals surface area contributed by atoms with Crippen LogP contribution in [0.1, 0.15) is 6.92 Å². The smallest absolute Gasteiger partial charge is 0.320 e. The lowest BCUT2D eigenvalue weighted by atomic mass is 10.4. The highest BCUT2D eigenvalue weighted by atomic mass is 16.5. The second-order valence-electron chi connectivity index (χ2n) is 4.00. The highest BCUT2D eigenvalue weighted by Gasteiger charge is 2.12. The first-order chi connectivity index (χ1) is 7.72. The highest BCUT2D eigenvalue weighted by molar-refractivity contribution is 5.71. The molecule has 0 aromatic rings. The Kier molecular flexibility index (Phi) is 6.37. The van der Waals surface area contributed by atoms with Crippen molar-refractivity contribution in [3.05, 3.63) is 0 Å². The maximum absolute atomic E-state index is 11.2. The van der Waals surface area contributed by atoms with Crippen molar-refractivity contribution in [2.45, 2.75) is 6.92 Å². The van der Waals surface area contributed by atoms with Gasteiger partial charge in [0.05, 0.1) is 26.4 Å². The van der Waals surface area contributed by atoms with Crippen LogP contribution in [0.25, 0.3) is 0 Å². The Morgan fingerprint density at radius 2 is 2.12 bits per heavy atom. The molecule has 1 aliphatic heterocycles. The number of nitrogens with zero attached hydrogens (tertiary/aromatic N) is 2. The monoisotopic (exact) mass is 230 g/mol. The van der Waals surface area contributed by atoms with E-state index in [1.54, 1.807) is 0 Å². The van der Waals surface area contributed by atoms with Gasteiger partial charge in [-0.2, -0.15) is 0 Å². The van der Waals surface area contributed by atoms with Crippen LogP contribution in [-0.4, -0.2) is 75.4 Å². The zero-order valence-electron chi connectivity index (χ0n) is 10.3. The number of hydrogen-bond acceptors (Lipinski definition) is 5. The van der Waals surface area contributed by atoms with E-state index in [0.717, 1.165) is 39.4 Å². The molecule has 0 unspecified atom stereocenters. The first-order valence-corrected chi connectivity index (χ1v) is 5.86. The Morgan fingerprint density at radius 3 is 2.75 bits per heavy atom. The van der Waals surface area contributed by atoms with E-state index in [4.69, 9.17) is 9.47 Å². The maximum Gasteiger partial charge on any atom is 0.320 e. The third-order valence-corrected chi connectivity index (χ3v) is 2.61. The quantitative estimate of drug-likeness (QED) is 0.592. The zero-order valence-corrected chi connectivity index (χ0v) is 10.3. The van der Waals surface area contributed by atoms with Gasteiger partial charge in [-0.1, -0.05) is 0 Å². The number of morpholine rings is 1. The van der Waals surface area contributed by atoms with Gasteiger partial charge in [-0.15, -0.1) is 0 Å². The van der Waals surface area contributed by atoms with Gasteiger partial charge in [0.15, 0.2) is 0 Å². The third-order valence-electron chi connectivity index (χ3n) is 2.61. The van der Waals surface area contributed by atoms with Crippen LogP contribution < -0.4 is 0 Å². The molecule has 0 radical (unpaired) electrons. The lowest BCUT2D eigenvalue weighted by molar-refractivity contribution is -0.144. The lowest BCUT2D eigenvalue weighted by Gasteiger charge is -2.28. The zero-order chi connectivity index (χ0) is 11.8. The molecule has 1 saturated heterocycles. The van der Waals surface area contributed by atoms with Crippen LogP contribution in [0.5, 0.6) is 0 Å². The molecule has 1 heterocycles. The summed E-state index contributed by atoms with van der Waals surface area (Å²) in [6, 6.07) is 0. The number of ether oxygens (including phenoxy) is 2. The lowest BCUT2D eigenvalue weighted by Crippen LogP contribution is -2.41. The molecule has 1 fully saturated rings. The molecule has 1 rings (SSSR count). The van der Waals surface area contributed by atoms with Gasteiger partial charge in [-0.3, -0.25) is 14.6 Å². The predicted molar refractivity (Wildman–Crippen MR) is 61.4 cm³/mol. The minimum Gasteiger partial charge on any atom is -0.465 e. The summed E-state index contributed by atoms with van der Waals surface area (Å²) in [5.74, 6) is -0.146. The fourth-order valence-electron chi connectivity index (χ4n) is 1.64. The van der Waals surface area contributed by atoms with E-state index < -0.39 is 0 Å². The molecule has 0 saturated carbocycles. The van der Waals surface area contributed by atoms with Gasteiger partial charge in [0.1, 0.15) is 0 Å². The standard InChI is InChI=1S/C11H22N2O3/c1-3-16-11(14)10-12(2)4-5-13-6-8-15-9-7-13/h3-10H2,1-2H3. The van der Waals surface area contributed by atoms with Crippen molar-refractivity contribution in [1.82, 2.24) is 9.80 Å². The molecule has 0 bridgehead atoms.